The normalized spacial score (nSPS) is 10.7. The minimum Gasteiger partial charge on any atom is -0.369 e. The van der Waals surface area contributed by atoms with E-state index in [2.05, 4.69) is 9.97 Å². The number of ketones is 1. The molecule has 0 saturated carbocycles. The van der Waals surface area contributed by atoms with Crippen LogP contribution < -0.4 is 5.73 Å². The summed E-state index contributed by atoms with van der Waals surface area (Å²) >= 11 is 0. The van der Waals surface area contributed by atoms with Crippen LogP contribution in [0, 0.1) is 6.92 Å². The van der Waals surface area contributed by atoms with E-state index in [9.17, 15) is 4.79 Å². The van der Waals surface area contributed by atoms with Gasteiger partial charge in [-0.3, -0.25) is 4.79 Å². The number of benzene rings is 1. The van der Waals surface area contributed by atoms with Crippen molar-refractivity contribution in [1.82, 2.24) is 9.97 Å². The molecule has 2 rings (SSSR count). The number of Topliss-reactive ketones (excluding diaryl/α,β-unsaturated/α-hetero) is 1. The van der Waals surface area contributed by atoms with Crippen LogP contribution in [-0.4, -0.2) is 15.8 Å². The van der Waals surface area contributed by atoms with Crippen LogP contribution in [-0.2, 0) is 0 Å². The van der Waals surface area contributed by atoms with E-state index in [4.69, 9.17) is 5.73 Å². The van der Waals surface area contributed by atoms with Gasteiger partial charge >= 0.3 is 0 Å². The highest BCUT2D eigenvalue weighted by molar-refractivity contribution is 6.05. The number of aromatic nitrogens is 2. The van der Waals surface area contributed by atoms with Crippen molar-refractivity contribution in [3.05, 3.63) is 23.3 Å². The summed E-state index contributed by atoms with van der Waals surface area (Å²) in [6.07, 6.45) is 0. The van der Waals surface area contributed by atoms with Crippen molar-refractivity contribution < 1.29 is 4.79 Å². The number of anilines is 1. The van der Waals surface area contributed by atoms with Crippen LogP contribution >= 0.6 is 0 Å². The van der Waals surface area contributed by atoms with E-state index < -0.39 is 0 Å². The van der Waals surface area contributed by atoms with Gasteiger partial charge in [0, 0.05) is 5.56 Å². The summed E-state index contributed by atoms with van der Waals surface area (Å²) in [5.41, 5.74) is 8.70. The fourth-order valence-electron chi connectivity index (χ4n) is 1.53. The largest absolute Gasteiger partial charge is 0.369 e. The number of aryl methyl sites for hydroxylation is 1. The Morgan fingerprint density at radius 3 is 2.86 bits per heavy atom. The average molecular weight is 189 g/mol. The van der Waals surface area contributed by atoms with Gasteiger partial charge in [-0.05, 0) is 25.5 Å². The molecule has 0 fully saturated rings. The minimum atomic E-state index is 0.00139. The van der Waals surface area contributed by atoms with Gasteiger partial charge in [0.15, 0.2) is 11.7 Å². The monoisotopic (exact) mass is 189 g/mol. The number of hydrogen-bond donors (Lipinski definition) is 2. The molecule has 0 aliphatic heterocycles. The summed E-state index contributed by atoms with van der Waals surface area (Å²) in [5.74, 6) is 0.346. The minimum absolute atomic E-state index is 0.00139. The van der Waals surface area contributed by atoms with Crippen LogP contribution in [0.5, 0.6) is 0 Å². The predicted molar refractivity (Wildman–Crippen MR) is 55.2 cm³/mol. The van der Waals surface area contributed by atoms with Gasteiger partial charge in [0.25, 0.3) is 0 Å². The molecule has 0 unspecified atom stereocenters. The highest BCUT2D eigenvalue weighted by Crippen LogP contribution is 2.21. The number of nitrogens with zero attached hydrogens (tertiary/aromatic N) is 1. The molecule has 0 aliphatic rings. The van der Waals surface area contributed by atoms with E-state index in [0.717, 1.165) is 11.1 Å². The number of aromatic amines is 1. The van der Waals surface area contributed by atoms with Crippen molar-refractivity contribution in [1.29, 1.82) is 0 Å². The number of fused-ring (bicyclic) bond motifs is 1. The standard InChI is InChI=1S/C10H11N3O/c1-5-3-4-7(6(2)14)9-8(5)12-10(11)13-9/h3-4H,1-2H3,(H3,11,12,13). The Balaban J connectivity index is 2.87. The summed E-state index contributed by atoms with van der Waals surface area (Å²) in [4.78, 5) is 18.3. The third kappa shape index (κ3) is 1.16. The first-order valence-corrected chi connectivity index (χ1v) is 4.35. The Kier molecular flexibility index (Phi) is 1.77. The number of carbonyl (C=O) groups excluding carboxylic acids is 1. The van der Waals surface area contributed by atoms with E-state index >= 15 is 0 Å². The third-order valence-corrected chi connectivity index (χ3v) is 2.25. The molecule has 0 bridgehead atoms. The summed E-state index contributed by atoms with van der Waals surface area (Å²) in [6.45, 7) is 3.47. The van der Waals surface area contributed by atoms with Crippen molar-refractivity contribution in [2.75, 3.05) is 5.73 Å². The molecule has 4 nitrogen and oxygen atoms in total. The maximum Gasteiger partial charge on any atom is 0.198 e. The second kappa shape index (κ2) is 2.83. The molecule has 0 radical (unpaired) electrons. The number of rotatable bonds is 1. The van der Waals surface area contributed by atoms with Gasteiger partial charge in [-0.1, -0.05) is 6.07 Å². The first-order valence-electron chi connectivity index (χ1n) is 4.35. The van der Waals surface area contributed by atoms with Crippen LogP contribution in [0.4, 0.5) is 5.95 Å². The van der Waals surface area contributed by atoms with Gasteiger partial charge in [0.2, 0.25) is 0 Å². The first-order chi connectivity index (χ1) is 6.59. The lowest BCUT2D eigenvalue weighted by atomic mass is 10.1. The van der Waals surface area contributed by atoms with Crippen LogP contribution in [0.3, 0.4) is 0 Å². The molecule has 1 heterocycles. The lowest BCUT2D eigenvalue weighted by Gasteiger charge is -1.99. The third-order valence-electron chi connectivity index (χ3n) is 2.25. The first kappa shape index (κ1) is 8.74. The molecule has 4 heteroatoms. The second-order valence-electron chi connectivity index (χ2n) is 3.33. The lowest BCUT2D eigenvalue weighted by molar-refractivity contribution is 0.101. The molecule has 72 valence electrons. The van der Waals surface area contributed by atoms with E-state index in [0.29, 0.717) is 17.0 Å². The molecular formula is C10H11N3O. The SMILES string of the molecule is CC(=O)c1ccc(C)c2[nH]c(N)nc12. The van der Waals surface area contributed by atoms with E-state index in [1.54, 1.807) is 6.07 Å². The zero-order valence-electron chi connectivity index (χ0n) is 8.09. The maximum atomic E-state index is 11.3. The molecule has 1 aromatic carbocycles. The second-order valence-corrected chi connectivity index (χ2v) is 3.33. The van der Waals surface area contributed by atoms with Gasteiger partial charge in [0.1, 0.15) is 5.52 Å². The highest BCUT2D eigenvalue weighted by Gasteiger charge is 2.10. The number of nitrogen functional groups attached to an aromatic ring is 1. The molecule has 0 amide bonds. The fourth-order valence-corrected chi connectivity index (χ4v) is 1.53. The number of carbonyl (C=O) groups is 1. The number of hydrogen-bond acceptors (Lipinski definition) is 3. The quantitative estimate of drug-likeness (QED) is 0.670. The molecule has 3 N–H and O–H groups in total. The molecule has 0 saturated heterocycles. The fraction of sp³-hybridized carbons (Fsp3) is 0.200. The lowest BCUT2D eigenvalue weighted by Crippen LogP contribution is -1.94. The summed E-state index contributed by atoms with van der Waals surface area (Å²) in [5, 5.41) is 0. The van der Waals surface area contributed by atoms with Crippen molar-refractivity contribution in [3.8, 4) is 0 Å². The highest BCUT2D eigenvalue weighted by atomic mass is 16.1. The Hall–Kier alpha value is -1.84. The van der Waals surface area contributed by atoms with Crippen LogP contribution in [0.15, 0.2) is 12.1 Å². The zero-order chi connectivity index (χ0) is 10.3. The molecular weight excluding hydrogens is 178 g/mol. The molecule has 0 atom stereocenters. The Morgan fingerprint density at radius 2 is 2.21 bits per heavy atom. The van der Waals surface area contributed by atoms with Crippen molar-refractivity contribution in [3.63, 3.8) is 0 Å². The molecule has 0 aliphatic carbocycles. The molecule has 2 aromatic rings. The van der Waals surface area contributed by atoms with Gasteiger partial charge in [-0.2, -0.15) is 0 Å². The molecule has 14 heavy (non-hydrogen) atoms. The predicted octanol–water partition coefficient (Wildman–Crippen LogP) is 1.66. The number of nitrogens with two attached hydrogens (primary N) is 1. The van der Waals surface area contributed by atoms with Gasteiger partial charge < -0.3 is 10.7 Å². The van der Waals surface area contributed by atoms with Crippen LogP contribution in [0.25, 0.3) is 11.0 Å². The van der Waals surface area contributed by atoms with Gasteiger partial charge in [-0.15, -0.1) is 0 Å². The van der Waals surface area contributed by atoms with E-state index in [1.165, 1.54) is 6.92 Å². The van der Waals surface area contributed by atoms with Crippen molar-refractivity contribution in [2.45, 2.75) is 13.8 Å². The van der Waals surface area contributed by atoms with Gasteiger partial charge in [-0.25, -0.2) is 4.98 Å². The number of H-pyrrole nitrogens is 1. The zero-order valence-corrected chi connectivity index (χ0v) is 8.09. The summed E-state index contributed by atoms with van der Waals surface area (Å²) in [6, 6.07) is 3.66. The number of nitrogens with one attached hydrogen (secondary N) is 1. The topological polar surface area (TPSA) is 71.8 Å². The number of imidazole rings is 1. The summed E-state index contributed by atoms with van der Waals surface area (Å²) in [7, 11) is 0. The average Bonchev–Trinajstić information content (AvgIpc) is 2.47. The summed E-state index contributed by atoms with van der Waals surface area (Å²) < 4.78 is 0. The van der Waals surface area contributed by atoms with Gasteiger partial charge in [0.05, 0.1) is 5.52 Å². The molecule has 1 aromatic heterocycles. The van der Waals surface area contributed by atoms with Crippen molar-refractivity contribution in [2.24, 2.45) is 0 Å². The smallest absolute Gasteiger partial charge is 0.198 e. The maximum absolute atomic E-state index is 11.3. The van der Waals surface area contributed by atoms with E-state index in [1.807, 2.05) is 13.0 Å². The Morgan fingerprint density at radius 1 is 1.50 bits per heavy atom. The van der Waals surface area contributed by atoms with Crippen LogP contribution in [0.2, 0.25) is 0 Å². The van der Waals surface area contributed by atoms with Crippen molar-refractivity contribution >= 4 is 22.8 Å². The molecule has 0 spiro atoms. The van der Waals surface area contributed by atoms with Crippen LogP contribution in [0.1, 0.15) is 22.8 Å². The Labute approximate surface area is 81.1 Å². The Bertz CT molecular complexity index is 513. The van der Waals surface area contributed by atoms with E-state index in [-0.39, 0.29) is 5.78 Å².